The molecule has 0 aliphatic carbocycles. The van der Waals surface area contributed by atoms with E-state index in [1.807, 2.05) is 41.5 Å². The molecule has 1 aliphatic rings. The van der Waals surface area contributed by atoms with Gasteiger partial charge in [0.05, 0.1) is 11.4 Å². The molecule has 0 unspecified atom stereocenters. The number of hydrogen-bond donors (Lipinski definition) is 0. The lowest BCUT2D eigenvalue weighted by Gasteiger charge is -2.03. The van der Waals surface area contributed by atoms with Gasteiger partial charge in [-0.3, -0.25) is 9.97 Å². The van der Waals surface area contributed by atoms with Crippen molar-refractivity contribution in [1.29, 1.82) is 0 Å². The van der Waals surface area contributed by atoms with Crippen LogP contribution in [0.15, 0.2) is 185 Å². The van der Waals surface area contributed by atoms with Crippen molar-refractivity contribution < 1.29 is 4.42 Å². The fourth-order valence-electron chi connectivity index (χ4n) is 8.14. The fraction of sp³-hybridized carbons (Fsp3) is 0.268. The number of hydrogen-bond acceptors (Lipinski definition) is 10. The quantitative estimate of drug-likeness (QED) is 0.148. The third kappa shape index (κ3) is 24.7. The van der Waals surface area contributed by atoms with Crippen LogP contribution in [0.4, 0.5) is 0 Å². The van der Waals surface area contributed by atoms with Gasteiger partial charge in [0.25, 0.3) is 0 Å². The van der Waals surface area contributed by atoms with Gasteiger partial charge in [0.2, 0.25) is 11.8 Å². The summed E-state index contributed by atoms with van der Waals surface area (Å²) < 4.78 is 4.86. The van der Waals surface area contributed by atoms with Gasteiger partial charge in [0.1, 0.15) is 10.0 Å². The van der Waals surface area contributed by atoms with Crippen LogP contribution >= 0.6 is 11.3 Å². The Labute approximate surface area is 487 Å². The lowest BCUT2D eigenvalue weighted by Crippen LogP contribution is -1.90. The maximum Gasteiger partial charge on any atom is 0.213 e. The molecule has 0 fully saturated rings. The lowest BCUT2D eigenvalue weighted by atomic mass is 10.0. The second-order valence-corrected chi connectivity index (χ2v) is 21.9. The molecule has 0 saturated heterocycles. The number of fused-ring (bicyclic) bond motifs is 3. The van der Waals surface area contributed by atoms with E-state index in [0.29, 0.717) is 11.8 Å². The van der Waals surface area contributed by atoms with E-state index in [2.05, 4.69) is 268 Å². The number of aromatic nitrogens is 6. The molecule has 3 aromatic heterocycles. The Kier molecular flexibility index (Phi) is 27.3. The van der Waals surface area contributed by atoms with E-state index in [1.54, 1.807) is 37.6 Å². The Morgan fingerprint density at radius 3 is 0.963 bits per heavy atom. The molecular weight excluding hydrogens is 1010 g/mol. The maximum absolute atomic E-state index is 4.86. The summed E-state index contributed by atoms with van der Waals surface area (Å²) >= 11 is 1.62. The Bertz CT molecular complexity index is 3390. The highest BCUT2D eigenvalue weighted by atomic mass is 32.1. The Morgan fingerprint density at radius 2 is 0.679 bits per heavy atom. The highest BCUT2D eigenvalue weighted by Gasteiger charge is 2.01. The van der Waals surface area contributed by atoms with Crippen molar-refractivity contribution in [3.8, 4) is 0 Å². The summed E-state index contributed by atoms with van der Waals surface area (Å²) in [4.78, 5) is 8.03. The molecule has 8 aromatic carbocycles. The van der Waals surface area contributed by atoms with Gasteiger partial charge in [-0.2, -0.15) is 10.2 Å². The van der Waals surface area contributed by atoms with E-state index in [-0.39, 0.29) is 0 Å². The largest absolute Gasteiger partial charge is 0.426 e. The van der Waals surface area contributed by atoms with Crippen LogP contribution in [0.1, 0.15) is 109 Å². The molecule has 420 valence electrons. The summed E-state index contributed by atoms with van der Waals surface area (Å²) in [5, 5.41) is 32.6. The van der Waals surface area contributed by atoms with Crippen LogP contribution in [-0.2, 0) is 0 Å². The Balaban J connectivity index is 0.000000198. The number of aryl methyl sites for hydroxylation is 16. The van der Waals surface area contributed by atoms with Gasteiger partial charge in [-0.15, -0.1) is 31.7 Å². The van der Waals surface area contributed by atoms with Gasteiger partial charge in [-0.25, -0.2) is 0 Å². The van der Waals surface area contributed by atoms with Crippen molar-refractivity contribution in [3.63, 3.8) is 0 Å². The van der Waals surface area contributed by atoms with Crippen molar-refractivity contribution in [2.24, 2.45) is 10.2 Å². The zero-order valence-electron chi connectivity index (χ0n) is 51.3. The predicted molar refractivity (Wildman–Crippen MR) is 348 cm³/mol. The topological polar surface area (TPSA) is 115 Å². The smallest absolute Gasteiger partial charge is 0.213 e. The zero-order valence-corrected chi connectivity index (χ0v) is 52.1. The molecule has 0 saturated carbocycles. The maximum atomic E-state index is 4.86. The van der Waals surface area contributed by atoms with E-state index < -0.39 is 0 Å². The first-order chi connectivity index (χ1) is 38.6. The molecule has 0 spiro atoms. The second kappa shape index (κ2) is 33.9. The fourth-order valence-corrected chi connectivity index (χ4v) is 8.74. The third-order valence-corrected chi connectivity index (χ3v) is 13.0. The Morgan fingerprint density at radius 1 is 0.333 bits per heavy atom. The first-order valence-corrected chi connectivity index (χ1v) is 28.2. The minimum absolute atomic E-state index is 0.623. The van der Waals surface area contributed by atoms with Crippen molar-refractivity contribution in [3.05, 3.63) is 259 Å². The van der Waals surface area contributed by atoms with Gasteiger partial charge in [-0.05, 0) is 165 Å². The molecule has 0 bridgehead atoms. The predicted octanol–water partition coefficient (Wildman–Crippen LogP) is 19.1. The van der Waals surface area contributed by atoms with Crippen LogP contribution in [-0.4, -0.2) is 41.8 Å². The van der Waals surface area contributed by atoms with E-state index in [9.17, 15) is 0 Å². The molecule has 0 atom stereocenters. The van der Waals surface area contributed by atoms with E-state index in [0.717, 1.165) is 39.2 Å². The molecule has 81 heavy (non-hydrogen) atoms. The molecule has 0 amide bonds. The summed E-state index contributed by atoms with van der Waals surface area (Å²) in [6.45, 7) is 36.5. The number of nitrogens with zero attached hydrogens (tertiary/aromatic N) is 8. The van der Waals surface area contributed by atoms with Crippen LogP contribution in [0.3, 0.4) is 0 Å². The van der Waals surface area contributed by atoms with Crippen LogP contribution in [0.5, 0.6) is 0 Å². The molecular formula is C71H84N8OS. The van der Waals surface area contributed by atoms with Crippen molar-refractivity contribution in [2.45, 2.75) is 131 Å². The minimum atomic E-state index is 0.623. The lowest BCUT2D eigenvalue weighted by molar-refractivity contribution is 0.489. The number of rotatable bonds is 0. The van der Waals surface area contributed by atoms with Crippen LogP contribution < -0.4 is 0 Å². The molecule has 11 aromatic rings. The first kappa shape index (κ1) is 65.2. The molecule has 10 heteroatoms. The molecule has 9 nitrogen and oxygen atoms in total. The van der Waals surface area contributed by atoms with Gasteiger partial charge in [0, 0.05) is 44.1 Å². The van der Waals surface area contributed by atoms with E-state index in [4.69, 9.17) is 4.42 Å². The van der Waals surface area contributed by atoms with Crippen molar-refractivity contribution in [1.82, 2.24) is 30.4 Å². The minimum Gasteiger partial charge on any atom is -0.426 e. The molecule has 4 heterocycles. The molecule has 0 N–H and O–H groups in total. The summed E-state index contributed by atoms with van der Waals surface area (Å²) in [7, 11) is 0. The van der Waals surface area contributed by atoms with Gasteiger partial charge >= 0.3 is 0 Å². The normalized spacial score (nSPS) is 10.7. The molecule has 0 radical (unpaired) electrons. The van der Waals surface area contributed by atoms with Gasteiger partial charge in [0.15, 0.2) is 0 Å². The summed E-state index contributed by atoms with van der Waals surface area (Å²) in [6.07, 6.45) is 4.46. The summed E-state index contributed by atoms with van der Waals surface area (Å²) in [5.74, 6) is 1.25. The standard InChI is InChI=1S/3C12H12.2C8H10.C6H8N2.C5H8N2.C4H6N2O.C4H6N2S/c1-9-3-5-12-8-10(2)4-6-11(12)7-9;1-9-5-3-8-12-10(2)6-4-7-11(9)12;1-9-7-8-10(2)12-6-4-3-5-11(9)12;1-7-3-5-8(2)6-4-7;1-7-4-3-5-8(2)6-7;1-5-3-7-4-6(2)8-5;1-4-3-5(2)7-6-4;2*1-3-5-6-4(2)7-3/h3*3-8H,1-2H3;2*3-6H,1-2H3;3-4H,1-2H3;3H2,1-2H3;2*1-2H3. The monoisotopic (exact) mass is 1100 g/mol. The van der Waals surface area contributed by atoms with Crippen LogP contribution in [0, 0.1) is 111 Å². The third-order valence-electron chi connectivity index (χ3n) is 12.3. The average Bonchev–Trinajstić information content (AvgIpc) is 4.16. The zero-order chi connectivity index (χ0) is 59.4. The van der Waals surface area contributed by atoms with E-state index >= 15 is 0 Å². The number of benzene rings is 8. The van der Waals surface area contributed by atoms with Crippen LogP contribution in [0.2, 0.25) is 0 Å². The van der Waals surface area contributed by atoms with Crippen molar-refractivity contribution in [2.75, 3.05) is 0 Å². The SMILES string of the molecule is CC1=NN=C(C)C1.Cc1ccc(C)c2ccccc12.Cc1ccc(C)cc1.Cc1ccc2cc(C)ccc2c1.Cc1cccc(C)c1.Cc1cccc2c(C)cccc12.Cc1cncc(C)n1.Cc1nnc(C)o1.Cc1nnc(C)s1. The van der Waals surface area contributed by atoms with Gasteiger partial charge < -0.3 is 4.42 Å². The summed E-state index contributed by atoms with van der Waals surface area (Å²) in [6, 6.07) is 55.8. The molecule has 1 aliphatic heterocycles. The summed E-state index contributed by atoms with van der Waals surface area (Å²) in [5.41, 5.74) is 17.6. The molecule has 12 rings (SSSR count). The van der Waals surface area contributed by atoms with Crippen molar-refractivity contribution >= 4 is 55.1 Å². The highest BCUT2D eigenvalue weighted by Crippen LogP contribution is 2.22. The average molecular weight is 1100 g/mol. The Hall–Kier alpha value is -8.34. The van der Waals surface area contributed by atoms with E-state index in [1.165, 1.54) is 88.0 Å². The van der Waals surface area contributed by atoms with Crippen LogP contribution in [0.25, 0.3) is 32.3 Å². The van der Waals surface area contributed by atoms with Gasteiger partial charge in [-0.1, -0.05) is 191 Å². The second-order valence-electron chi connectivity index (χ2n) is 20.5. The first-order valence-electron chi connectivity index (χ1n) is 27.4. The highest BCUT2D eigenvalue weighted by molar-refractivity contribution is 7.11.